The number of rotatable bonds is 0. The predicted molar refractivity (Wildman–Crippen MR) is 45.0 cm³/mol. The molecular formula is C6H9BrF2Si. The van der Waals surface area contributed by atoms with Gasteiger partial charge < -0.3 is 0 Å². The Labute approximate surface area is 69.1 Å². The molecule has 0 aliphatic carbocycles. The molecule has 0 unspecified atom stereocenters. The van der Waals surface area contributed by atoms with Gasteiger partial charge in [0.05, 0.1) is 0 Å². The van der Waals surface area contributed by atoms with E-state index < -0.39 is 12.9 Å². The van der Waals surface area contributed by atoms with Gasteiger partial charge in [0.1, 0.15) is 8.07 Å². The molecule has 0 aromatic heterocycles. The average molecular weight is 227 g/mol. The molecule has 0 N–H and O–H groups in total. The van der Waals surface area contributed by atoms with E-state index in [1.807, 2.05) is 25.6 Å². The van der Waals surface area contributed by atoms with Gasteiger partial charge in [-0.15, -0.1) is 5.54 Å². The number of alkyl halides is 3. The minimum absolute atomic E-state index is 1.64. The van der Waals surface area contributed by atoms with Gasteiger partial charge >= 0.3 is 4.83 Å². The summed E-state index contributed by atoms with van der Waals surface area (Å²) in [6.45, 7) is 5.75. The molecule has 0 bridgehead atoms. The Morgan fingerprint density at radius 3 is 1.80 bits per heavy atom. The van der Waals surface area contributed by atoms with E-state index in [0.29, 0.717) is 0 Å². The van der Waals surface area contributed by atoms with Crippen molar-refractivity contribution in [1.29, 1.82) is 0 Å². The zero-order chi connectivity index (χ0) is 8.41. The highest BCUT2D eigenvalue weighted by Crippen LogP contribution is 2.19. The van der Waals surface area contributed by atoms with Crippen LogP contribution in [-0.2, 0) is 0 Å². The van der Waals surface area contributed by atoms with Crippen molar-refractivity contribution < 1.29 is 8.78 Å². The maximum atomic E-state index is 12.0. The summed E-state index contributed by atoms with van der Waals surface area (Å²) in [5, 5.41) is 0. The topological polar surface area (TPSA) is 0 Å². The lowest BCUT2D eigenvalue weighted by Crippen LogP contribution is -2.17. The van der Waals surface area contributed by atoms with E-state index in [1.165, 1.54) is 0 Å². The monoisotopic (exact) mass is 226 g/mol. The molecule has 0 aliphatic heterocycles. The molecule has 0 radical (unpaired) electrons. The van der Waals surface area contributed by atoms with Crippen molar-refractivity contribution in [3.63, 3.8) is 0 Å². The zero-order valence-corrected chi connectivity index (χ0v) is 8.72. The van der Waals surface area contributed by atoms with Crippen LogP contribution in [0.4, 0.5) is 8.78 Å². The van der Waals surface area contributed by atoms with Crippen molar-refractivity contribution in [2.75, 3.05) is 0 Å². The highest BCUT2D eigenvalue weighted by Gasteiger charge is 2.20. The fourth-order valence-corrected chi connectivity index (χ4v) is 1.07. The van der Waals surface area contributed by atoms with Crippen LogP contribution in [0.25, 0.3) is 0 Å². The molecule has 58 valence electrons. The van der Waals surface area contributed by atoms with Crippen LogP contribution in [0, 0.1) is 11.5 Å². The summed E-state index contributed by atoms with van der Waals surface area (Å²) in [5.41, 5.74) is 2.55. The molecule has 0 atom stereocenters. The maximum Gasteiger partial charge on any atom is 0.362 e. The Morgan fingerprint density at radius 1 is 1.30 bits per heavy atom. The van der Waals surface area contributed by atoms with Gasteiger partial charge in [-0.1, -0.05) is 19.6 Å². The molecule has 0 heterocycles. The Balaban J connectivity index is 4.19. The van der Waals surface area contributed by atoms with Gasteiger partial charge in [-0.25, -0.2) is 0 Å². The van der Waals surface area contributed by atoms with Crippen molar-refractivity contribution >= 4 is 24.0 Å². The number of halogens is 3. The zero-order valence-electron chi connectivity index (χ0n) is 6.13. The molecular weight excluding hydrogens is 218 g/mol. The lowest BCUT2D eigenvalue weighted by atomic mass is 10.7. The molecule has 0 rings (SSSR count). The van der Waals surface area contributed by atoms with E-state index in [9.17, 15) is 8.78 Å². The van der Waals surface area contributed by atoms with Crippen LogP contribution >= 0.6 is 15.9 Å². The molecule has 4 heteroatoms. The normalized spacial score (nSPS) is 12.2. The van der Waals surface area contributed by atoms with Gasteiger partial charge in [-0.05, 0) is 5.92 Å². The fourth-order valence-electron chi connectivity index (χ4n) is 0.258. The van der Waals surface area contributed by atoms with Crippen molar-refractivity contribution in [2.24, 2.45) is 0 Å². The van der Waals surface area contributed by atoms with E-state index in [-0.39, 0.29) is 0 Å². The van der Waals surface area contributed by atoms with Crippen LogP contribution < -0.4 is 0 Å². The number of hydrogen-bond acceptors (Lipinski definition) is 0. The Bertz CT molecular complexity index is 149. The third kappa shape index (κ3) is 8.12. The summed E-state index contributed by atoms with van der Waals surface area (Å²) in [4.78, 5) is -3.01. The molecule has 0 saturated heterocycles. The lowest BCUT2D eigenvalue weighted by molar-refractivity contribution is 0.183. The predicted octanol–water partition coefficient (Wildman–Crippen LogP) is 2.85. The summed E-state index contributed by atoms with van der Waals surface area (Å²) in [6.07, 6.45) is 0. The van der Waals surface area contributed by atoms with E-state index in [0.717, 1.165) is 0 Å². The first-order valence-electron chi connectivity index (χ1n) is 2.82. The van der Waals surface area contributed by atoms with Gasteiger partial charge in [0, 0.05) is 15.9 Å². The second kappa shape index (κ2) is 3.01. The summed E-state index contributed by atoms with van der Waals surface area (Å²) in [6, 6.07) is 0. The summed E-state index contributed by atoms with van der Waals surface area (Å²) in [5.74, 6) is 1.86. The van der Waals surface area contributed by atoms with Crippen molar-refractivity contribution in [1.82, 2.24) is 0 Å². The molecule has 0 spiro atoms. The Kier molecular flexibility index (Phi) is 3.05. The first-order chi connectivity index (χ1) is 4.21. The molecule has 0 saturated carbocycles. The average Bonchev–Trinajstić information content (AvgIpc) is 1.57. The third-order valence-corrected chi connectivity index (χ3v) is 1.65. The van der Waals surface area contributed by atoms with Gasteiger partial charge in [-0.3, -0.25) is 0 Å². The van der Waals surface area contributed by atoms with E-state index in [4.69, 9.17) is 0 Å². The molecule has 0 aromatic rings. The molecule has 0 nitrogen and oxygen atoms in total. The fraction of sp³-hybridized carbons (Fsp3) is 0.667. The minimum atomic E-state index is -3.01. The standard InChI is InChI=1S/C6H9BrF2Si/c1-10(2,3)5-4-6(7,8)9/h1-3H3. The SMILES string of the molecule is C[Si](C)(C)C#CC(F)(F)Br. The molecule has 0 aromatic carbocycles. The van der Waals surface area contributed by atoms with E-state index in [2.05, 4.69) is 21.5 Å². The van der Waals surface area contributed by atoms with Gasteiger partial charge in [0.2, 0.25) is 0 Å². The molecule has 0 aliphatic rings. The van der Waals surface area contributed by atoms with Crippen LogP contribution in [0.2, 0.25) is 19.6 Å². The highest BCUT2D eigenvalue weighted by atomic mass is 79.9. The van der Waals surface area contributed by atoms with Gasteiger partial charge in [-0.2, -0.15) is 8.78 Å². The van der Waals surface area contributed by atoms with Crippen molar-refractivity contribution in [3.8, 4) is 11.5 Å². The largest absolute Gasteiger partial charge is 0.362 e. The van der Waals surface area contributed by atoms with Crippen LogP contribution in [0.3, 0.4) is 0 Å². The first-order valence-corrected chi connectivity index (χ1v) is 7.11. The van der Waals surface area contributed by atoms with E-state index in [1.54, 1.807) is 0 Å². The molecule has 0 amide bonds. The molecule has 0 fully saturated rings. The van der Waals surface area contributed by atoms with Crippen LogP contribution in [-0.4, -0.2) is 12.9 Å². The lowest BCUT2D eigenvalue weighted by Gasteiger charge is -2.04. The maximum absolute atomic E-state index is 12.0. The second-order valence-electron chi connectivity index (χ2n) is 3.00. The smallest absolute Gasteiger partial charge is 0.180 e. The van der Waals surface area contributed by atoms with Crippen LogP contribution in [0.1, 0.15) is 0 Å². The quantitative estimate of drug-likeness (QED) is 0.339. The highest BCUT2D eigenvalue weighted by molar-refractivity contribution is 9.10. The Morgan fingerprint density at radius 2 is 1.70 bits per heavy atom. The Hall–Kier alpha value is 0.117. The molecule has 10 heavy (non-hydrogen) atoms. The number of hydrogen-bond donors (Lipinski definition) is 0. The third-order valence-electron chi connectivity index (χ3n) is 0.579. The second-order valence-corrected chi connectivity index (χ2v) is 8.74. The van der Waals surface area contributed by atoms with Crippen LogP contribution in [0.5, 0.6) is 0 Å². The van der Waals surface area contributed by atoms with Gasteiger partial charge in [0.15, 0.2) is 0 Å². The van der Waals surface area contributed by atoms with Gasteiger partial charge in [0.25, 0.3) is 0 Å². The summed E-state index contributed by atoms with van der Waals surface area (Å²) < 4.78 is 24.0. The van der Waals surface area contributed by atoms with Crippen LogP contribution in [0.15, 0.2) is 0 Å². The first kappa shape index (κ1) is 10.1. The minimum Gasteiger partial charge on any atom is -0.180 e. The van der Waals surface area contributed by atoms with Crippen molar-refractivity contribution in [3.05, 3.63) is 0 Å². The summed E-state index contributed by atoms with van der Waals surface area (Å²) >= 11 is 2.15. The van der Waals surface area contributed by atoms with Crippen molar-refractivity contribution in [2.45, 2.75) is 24.5 Å². The van der Waals surface area contributed by atoms with E-state index >= 15 is 0 Å². The summed E-state index contributed by atoms with van der Waals surface area (Å²) in [7, 11) is -1.64.